The van der Waals surface area contributed by atoms with Crippen LogP contribution in [0.1, 0.15) is 36.5 Å². The van der Waals surface area contributed by atoms with Gasteiger partial charge in [-0.1, -0.05) is 32.1 Å². The van der Waals surface area contributed by atoms with Crippen molar-refractivity contribution in [3.05, 3.63) is 40.7 Å². The summed E-state index contributed by atoms with van der Waals surface area (Å²) < 4.78 is 13.5. The van der Waals surface area contributed by atoms with Gasteiger partial charge >= 0.3 is 0 Å². The Hall–Kier alpha value is -1.11. The summed E-state index contributed by atoms with van der Waals surface area (Å²) in [7, 11) is 0. The maximum absolute atomic E-state index is 13.5. The van der Waals surface area contributed by atoms with Crippen LogP contribution in [-0.2, 0) is 6.42 Å². The number of halogens is 1. The molecule has 13 heavy (non-hydrogen) atoms. The third kappa shape index (κ3) is 1.39. The van der Waals surface area contributed by atoms with Gasteiger partial charge in [-0.15, -0.1) is 0 Å². The number of hydrogen-bond acceptors (Lipinski definition) is 0. The zero-order valence-electron chi connectivity index (χ0n) is 7.97. The monoisotopic (exact) mass is 176 g/mol. The van der Waals surface area contributed by atoms with Crippen molar-refractivity contribution >= 4 is 6.08 Å². The lowest BCUT2D eigenvalue weighted by molar-refractivity contribution is 0.611. The highest BCUT2D eigenvalue weighted by Crippen LogP contribution is 2.27. The molecule has 0 heterocycles. The van der Waals surface area contributed by atoms with E-state index < -0.39 is 0 Å². The number of rotatable bonds is 1. The molecule has 1 aromatic rings. The zero-order valence-corrected chi connectivity index (χ0v) is 7.97. The van der Waals surface area contributed by atoms with Gasteiger partial charge in [0.05, 0.1) is 0 Å². The molecule has 0 radical (unpaired) electrons. The van der Waals surface area contributed by atoms with Crippen molar-refractivity contribution in [1.29, 1.82) is 0 Å². The molecule has 0 unspecified atom stereocenters. The largest absolute Gasteiger partial charge is 0.207 e. The van der Waals surface area contributed by atoms with Gasteiger partial charge in [0.2, 0.25) is 0 Å². The lowest BCUT2D eigenvalue weighted by atomic mass is 9.98. The minimum atomic E-state index is -0.0498. The third-order valence-corrected chi connectivity index (χ3v) is 2.54. The standard InChI is InChI=1S/C12H13F/c1-8(2)10-6-9-4-3-5-11(9)12(13)7-10/h3-4,6-8H,5H2,1-2H3. The molecule has 0 atom stereocenters. The summed E-state index contributed by atoms with van der Waals surface area (Å²) in [6.45, 7) is 4.17. The van der Waals surface area contributed by atoms with Crippen LogP contribution in [0, 0.1) is 5.82 Å². The Kier molecular flexibility index (Phi) is 1.95. The molecule has 0 bridgehead atoms. The van der Waals surface area contributed by atoms with Crippen LogP contribution in [0.15, 0.2) is 18.2 Å². The summed E-state index contributed by atoms with van der Waals surface area (Å²) in [6, 6.07) is 3.75. The second kappa shape index (κ2) is 2.99. The molecular formula is C12H13F. The summed E-state index contributed by atoms with van der Waals surface area (Å²) in [4.78, 5) is 0. The molecule has 1 aliphatic rings. The molecule has 68 valence electrons. The lowest BCUT2D eigenvalue weighted by Gasteiger charge is -2.08. The first-order valence-electron chi connectivity index (χ1n) is 4.67. The van der Waals surface area contributed by atoms with Gasteiger partial charge in [0.25, 0.3) is 0 Å². The van der Waals surface area contributed by atoms with Crippen molar-refractivity contribution in [2.75, 3.05) is 0 Å². The van der Waals surface area contributed by atoms with E-state index in [0.717, 1.165) is 23.1 Å². The molecule has 0 saturated heterocycles. The minimum Gasteiger partial charge on any atom is -0.207 e. The second-order valence-electron chi connectivity index (χ2n) is 3.83. The van der Waals surface area contributed by atoms with E-state index in [9.17, 15) is 4.39 Å². The Labute approximate surface area is 78.1 Å². The quantitative estimate of drug-likeness (QED) is 0.614. The van der Waals surface area contributed by atoms with Gasteiger partial charge in [0.15, 0.2) is 0 Å². The van der Waals surface area contributed by atoms with Gasteiger partial charge in [-0.05, 0) is 35.1 Å². The molecule has 1 aliphatic carbocycles. The van der Waals surface area contributed by atoms with Crippen LogP contribution in [0.4, 0.5) is 4.39 Å². The van der Waals surface area contributed by atoms with Crippen LogP contribution in [0.2, 0.25) is 0 Å². The van der Waals surface area contributed by atoms with Crippen LogP contribution in [0.5, 0.6) is 0 Å². The predicted octanol–water partition coefficient (Wildman–Crippen LogP) is 3.52. The van der Waals surface area contributed by atoms with E-state index in [-0.39, 0.29) is 5.82 Å². The summed E-state index contributed by atoms with van der Waals surface area (Å²) in [5.74, 6) is 0.347. The minimum absolute atomic E-state index is 0.0498. The Morgan fingerprint density at radius 3 is 2.77 bits per heavy atom. The Balaban J connectivity index is 2.54. The highest BCUT2D eigenvalue weighted by atomic mass is 19.1. The van der Waals surface area contributed by atoms with Gasteiger partial charge in [0, 0.05) is 0 Å². The van der Waals surface area contributed by atoms with E-state index in [0.29, 0.717) is 5.92 Å². The topological polar surface area (TPSA) is 0 Å². The van der Waals surface area contributed by atoms with Crippen LogP contribution >= 0.6 is 0 Å². The maximum Gasteiger partial charge on any atom is 0.127 e. The molecule has 0 nitrogen and oxygen atoms in total. The predicted molar refractivity (Wildman–Crippen MR) is 53.2 cm³/mol. The number of allylic oxidation sites excluding steroid dienone is 1. The molecule has 1 aromatic carbocycles. The fraction of sp³-hybridized carbons (Fsp3) is 0.333. The van der Waals surface area contributed by atoms with E-state index in [1.165, 1.54) is 0 Å². The average molecular weight is 176 g/mol. The molecule has 0 aliphatic heterocycles. The zero-order chi connectivity index (χ0) is 9.42. The van der Waals surface area contributed by atoms with E-state index in [4.69, 9.17) is 0 Å². The smallest absolute Gasteiger partial charge is 0.127 e. The Morgan fingerprint density at radius 2 is 2.08 bits per heavy atom. The average Bonchev–Trinajstić information content (AvgIpc) is 2.51. The van der Waals surface area contributed by atoms with Crippen molar-refractivity contribution in [3.63, 3.8) is 0 Å². The fourth-order valence-corrected chi connectivity index (χ4v) is 1.68. The SMILES string of the molecule is CC(C)c1cc(F)c2c(c1)C=CC2. The maximum atomic E-state index is 13.5. The summed E-state index contributed by atoms with van der Waals surface area (Å²) in [5, 5.41) is 0. The first-order valence-corrected chi connectivity index (χ1v) is 4.67. The van der Waals surface area contributed by atoms with Crippen LogP contribution < -0.4 is 0 Å². The first kappa shape index (κ1) is 8.49. The van der Waals surface area contributed by atoms with E-state index in [2.05, 4.69) is 19.9 Å². The molecule has 0 spiro atoms. The second-order valence-corrected chi connectivity index (χ2v) is 3.83. The Morgan fingerprint density at radius 1 is 1.31 bits per heavy atom. The fourth-order valence-electron chi connectivity index (χ4n) is 1.68. The molecule has 2 rings (SSSR count). The van der Waals surface area contributed by atoms with Gasteiger partial charge in [-0.3, -0.25) is 0 Å². The molecule has 0 N–H and O–H groups in total. The van der Waals surface area contributed by atoms with Gasteiger partial charge in [-0.2, -0.15) is 0 Å². The highest BCUT2D eigenvalue weighted by Gasteiger charge is 2.12. The van der Waals surface area contributed by atoms with Gasteiger partial charge < -0.3 is 0 Å². The van der Waals surface area contributed by atoms with Gasteiger partial charge in [-0.25, -0.2) is 4.39 Å². The summed E-state index contributed by atoms with van der Waals surface area (Å²) in [5.41, 5.74) is 3.00. The van der Waals surface area contributed by atoms with Crippen LogP contribution in [0.3, 0.4) is 0 Å². The number of fused-ring (bicyclic) bond motifs is 1. The van der Waals surface area contributed by atoms with Crippen molar-refractivity contribution in [1.82, 2.24) is 0 Å². The number of hydrogen-bond donors (Lipinski definition) is 0. The number of benzene rings is 1. The Bertz CT molecular complexity index is 362. The lowest BCUT2D eigenvalue weighted by Crippen LogP contribution is -1.94. The van der Waals surface area contributed by atoms with E-state index >= 15 is 0 Å². The van der Waals surface area contributed by atoms with Gasteiger partial charge in [0.1, 0.15) is 5.82 Å². The van der Waals surface area contributed by atoms with Crippen LogP contribution in [0.25, 0.3) is 6.08 Å². The van der Waals surface area contributed by atoms with Crippen molar-refractivity contribution in [2.24, 2.45) is 0 Å². The molecule has 0 fully saturated rings. The molecular weight excluding hydrogens is 163 g/mol. The first-order chi connectivity index (χ1) is 6.18. The van der Waals surface area contributed by atoms with Crippen molar-refractivity contribution in [3.8, 4) is 0 Å². The molecule has 0 amide bonds. The third-order valence-electron chi connectivity index (χ3n) is 2.54. The summed E-state index contributed by atoms with van der Waals surface area (Å²) >= 11 is 0. The molecule has 1 heteroatoms. The van der Waals surface area contributed by atoms with Crippen LogP contribution in [-0.4, -0.2) is 0 Å². The van der Waals surface area contributed by atoms with E-state index in [1.807, 2.05) is 12.2 Å². The highest BCUT2D eigenvalue weighted by molar-refractivity contribution is 5.61. The van der Waals surface area contributed by atoms with E-state index in [1.54, 1.807) is 6.07 Å². The van der Waals surface area contributed by atoms with Crippen molar-refractivity contribution < 1.29 is 4.39 Å². The molecule has 0 saturated carbocycles. The summed E-state index contributed by atoms with van der Waals surface area (Å²) in [6.07, 6.45) is 4.77. The molecule has 0 aromatic heterocycles. The van der Waals surface area contributed by atoms with Crippen molar-refractivity contribution in [2.45, 2.75) is 26.2 Å². The normalized spacial score (nSPS) is 13.8.